The summed E-state index contributed by atoms with van der Waals surface area (Å²) >= 11 is 0. The van der Waals surface area contributed by atoms with Crippen molar-refractivity contribution in [3.8, 4) is 0 Å². The van der Waals surface area contributed by atoms with Crippen molar-refractivity contribution in [2.24, 2.45) is 5.14 Å². The fourth-order valence-electron chi connectivity index (χ4n) is 2.67. The maximum absolute atomic E-state index is 10.7. The zero-order chi connectivity index (χ0) is 15.8. The van der Waals surface area contributed by atoms with E-state index >= 15 is 0 Å². The van der Waals surface area contributed by atoms with Gasteiger partial charge in [-0.15, -0.1) is 0 Å². The summed E-state index contributed by atoms with van der Waals surface area (Å²) in [4.78, 5) is 0. The first-order valence-corrected chi connectivity index (χ1v) is 10.8. The number of hydrogen-bond acceptors (Lipinski definition) is 2. The summed E-state index contributed by atoms with van der Waals surface area (Å²) in [6, 6.07) is 0. The van der Waals surface area contributed by atoms with Gasteiger partial charge in [-0.3, -0.25) is 0 Å². The number of unbranched alkanes of at least 4 members (excludes halogenated alkanes) is 14. The standard InChI is InChI=1S/C17H37NO2S/c1-2-3-4-5-6-7-8-9-10-11-12-13-14-15-16-17-21(18,19)20/h2-17H2,1H3,(H2,18,19,20). The van der Waals surface area contributed by atoms with Gasteiger partial charge in [0.2, 0.25) is 10.0 Å². The maximum Gasteiger partial charge on any atom is 0.209 e. The molecule has 0 aliphatic carbocycles. The molecule has 0 saturated heterocycles. The van der Waals surface area contributed by atoms with Crippen molar-refractivity contribution >= 4 is 10.0 Å². The molecule has 0 aromatic rings. The molecule has 0 atom stereocenters. The van der Waals surface area contributed by atoms with Crippen LogP contribution in [0.1, 0.15) is 103 Å². The molecule has 0 amide bonds. The van der Waals surface area contributed by atoms with E-state index in [2.05, 4.69) is 6.92 Å². The van der Waals surface area contributed by atoms with Crippen LogP contribution < -0.4 is 5.14 Å². The maximum atomic E-state index is 10.7. The van der Waals surface area contributed by atoms with Crippen LogP contribution in [-0.2, 0) is 10.0 Å². The predicted octanol–water partition coefficient (Wildman–Crippen LogP) is 5.15. The zero-order valence-corrected chi connectivity index (χ0v) is 14.9. The van der Waals surface area contributed by atoms with E-state index in [1.54, 1.807) is 0 Å². The Morgan fingerprint density at radius 2 is 0.857 bits per heavy atom. The van der Waals surface area contributed by atoms with Crippen molar-refractivity contribution < 1.29 is 8.42 Å². The number of rotatable bonds is 16. The van der Waals surface area contributed by atoms with Gasteiger partial charge in [-0.2, -0.15) is 0 Å². The number of sulfonamides is 1. The Balaban J connectivity index is 3.03. The molecule has 0 aromatic heterocycles. The topological polar surface area (TPSA) is 60.2 Å². The number of hydrogen-bond donors (Lipinski definition) is 1. The lowest BCUT2D eigenvalue weighted by Crippen LogP contribution is -2.16. The van der Waals surface area contributed by atoms with Gasteiger partial charge in [0.1, 0.15) is 0 Å². The van der Waals surface area contributed by atoms with Crippen molar-refractivity contribution in [1.82, 2.24) is 0 Å². The largest absolute Gasteiger partial charge is 0.229 e. The van der Waals surface area contributed by atoms with E-state index in [1.165, 1.54) is 77.0 Å². The molecule has 0 aliphatic rings. The third kappa shape index (κ3) is 19.9. The molecule has 0 heterocycles. The van der Waals surface area contributed by atoms with E-state index < -0.39 is 10.0 Å². The Morgan fingerprint density at radius 1 is 0.571 bits per heavy atom. The molecule has 2 N–H and O–H groups in total. The first-order valence-electron chi connectivity index (χ1n) is 9.06. The fourth-order valence-corrected chi connectivity index (χ4v) is 3.28. The van der Waals surface area contributed by atoms with Crippen LogP contribution in [0.5, 0.6) is 0 Å². The second-order valence-corrected chi connectivity index (χ2v) is 8.05. The van der Waals surface area contributed by atoms with Gasteiger partial charge in [0, 0.05) is 0 Å². The number of primary sulfonamides is 1. The minimum Gasteiger partial charge on any atom is -0.229 e. The Hall–Kier alpha value is -0.0900. The number of nitrogens with two attached hydrogens (primary N) is 1. The Bertz CT molecular complexity index is 302. The van der Waals surface area contributed by atoms with Gasteiger partial charge < -0.3 is 0 Å². The minimum absolute atomic E-state index is 0.144. The van der Waals surface area contributed by atoms with Gasteiger partial charge in [-0.25, -0.2) is 13.6 Å². The lowest BCUT2D eigenvalue weighted by molar-refractivity contribution is 0.534. The lowest BCUT2D eigenvalue weighted by Gasteiger charge is -2.03. The van der Waals surface area contributed by atoms with E-state index in [1.807, 2.05) is 0 Å². The van der Waals surface area contributed by atoms with E-state index in [4.69, 9.17) is 5.14 Å². The van der Waals surface area contributed by atoms with Crippen LogP contribution in [0.25, 0.3) is 0 Å². The van der Waals surface area contributed by atoms with Crippen LogP contribution in [0.3, 0.4) is 0 Å². The van der Waals surface area contributed by atoms with Crippen molar-refractivity contribution in [3.63, 3.8) is 0 Å². The molecule has 0 saturated carbocycles. The first-order chi connectivity index (χ1) is 10.1. The molecule has 0 aliphatic heterocycles. The average molecular weight is 320 g/mol. The smallest absolute Gasteiger partial charge is 0.209 e. The van der Waals surface area contributed by atoms with E-state index in [0.717, 1.165) is 19.3 Å². The van der Waals surface area contributed by atoms with E-state index in [-0.39, 0.29) is 5.75 Å². The van der Waals surface area contributed by atoms with E-state index in [0.29, 0.717) is 0 Å². The minimum atomic E-state index is -3.24. The van der Waals surface area contributed by atoms with Gasteiger partial charge in [0.15, 0.2) is 0 Å². The second kappa shape index (κ2) is 14.8. The summed E-state index contributed by atoms with van der Waals surface area (Å²) in [5, 5.41) is 4.96. The molecule has 128 valence electrons. The highest BCUT2D eigenvalue weighted by Gasteiger charge is 2.01. The molecule has 0 radical (unpaired) electrons. The summed E-state index contributed by atoms with van der Waals surface area (Å²) in [6.07, 6.45) is 19.3. The molecular weight excluding hydrogens is 282 g/mol. The second-order valence-electron chi connectivity index (χ2n) is 6.32. The molecule has 3 nitrogen and oxygen atoms in total. The molecule has 21 heavy (non-hydrogen) atoms. The average Bonchev–Trinajstić information content (AvgIpc) is 2.42. The predicted molar refractivity (Wildman–Crippen MR) is 92.9 cm³/mol. The SMILES string of the molecule is CCCCCCCCCCCCCCCCCS(N)(=O)=O. The highest BCUT2D eigenvalue weighted by Crippen LogP contribution is 2.13. The summed E-state index contributed by atoms with van der Waals surface area (Å²) < 4.78 is 21.5. The van der Waals surface area contributed by atoms with Crippen LogP contribution in [0.2, 0.25) is 0 Å². The summed E-state index contributed by atoms with van der Waals surface area (Å²) in [5.74, 6) is 0.144. The fraction of sp³-hybridized carbons (Fsp3) is 1.00. The Labute approximate surface area is 133 Å². The van der Waals surface area contributed by atoms with Gasteiger partial charge in [0.25, 0.3) is 0 Å². The van der Waals surface area contributed by atoms with Crippen molar-refractivity contribution in [2.45, 2.75) is 103 Å². The summed E-state index contributed by atoms with van der Waals surface area (Å²) in [7, 11) is -3.24. The van der Waals surface area contributed by atoms with Crippen LogP contribution in [0.4, 0.5) is 0 Å². The quantitative estimate of drug-likeness (QED) is 0.400. The third-order valence-corrected chi connectivity index (χ3v) is 4.89. The van der Waals surface area contributed by atoms with Crippen molar-refractivity contribution in [3.05, 3.63) is 0 Å². The van der Waals surface area contributed by atoms with Gasteiger partial charge >= 0.3 is 0 Å². The van der Waals surface area contributed by atoms with Gasteiger partial charge in [-0.05, 0) is 6.42 Å². The highest BCUT2D eigenvalue weighted by atomic mass is 32.2. The molecular formula is C17H37NO2S. The summed E-state index contributed by atoms with van der Waals surface area (Å²) in [6.45, 7) is 2.26. The normalized spacial score (nSPS) is 11.9. The molecule has 0 unspecified atom stereocenters. The monoisotopic (exact) mass is 319 g/mol. The molecule has 0 spiro atoms. The first kappa shape index (κ1) is 20.9. The Kier molecular flexibility index (Phi) is 14.8. The zero-order valence-electron chi connectivity index (χ0n) is 14.1. The molecule has 4 heteroatoms. The third-order valence-electron chi connectivity index (χ3n) is 4.03. The molecule has 0 rings (SSSR count). The van der Waals surface area contributed by atoms with Gasteiger partial charge in [-0.1, -0.05) is 96.8 Å². The molecule has 0 aromatic carbocycles. The van der Waals surface area contributed by atoms with Crippen LogP contribution in [0, 0.1) is 0 Å². The lowest BCUT2D eigenvalue weighted by atomic mass is 10.0. The highest BCUT2D eigenvalue weighted by molar-refractivity contribution is 7.89. The van der Waals surface area contributed by atoms with Crippen LogP contribution in [-0.4, -0.2) is 14.2 Å². The summed E-state index contributed by atoms with van der Waals surface area (Å²) in [5.41, 5.74) is 0. The Morgan fingerprint density at radius 3 is 1.14 bits per heavy atom. The van der Waals surface area contributed by atoms with Crippen LogP contribution >= 0.6 is 0 Å². The molecule has 0 fully saturated rings. The van der Waals surface area contributed by atoms with Crippen LogP contribution in [0.15, 0.2) is 0 Å². The van der Waals surface area contributed by atoms with Crippen molar-refractivity contribution in [2.75, 3.05) is 5.75 Å². The van der Waals surface area contributed by atoms with E-state index in [9.17, 15) is 8.42 Å². The van der Waals surface area contributed by atoms with Gasteiger partial charge in [0.05, 0.1) is 5.75 Å². The van der Waals surface area contributed by atoms with Crippen molar-refractivity contribution in [1.29, 1.82) is 0 Å². The molecule has 0 bridgehead atoms.